The number of methoxy groups -OCH3 is 1. The third kappa shape index (κ3) is 5.03. The molecule has 10 heteroatoms. The lowest BCUT2D eigenvalue weighted by Gasteiger charge is -2.12. The molecule has 0 aliphatic carbocycles. The summed E-state index contributed by atoms with van der Waals surface area (Å²) < 4.78 is 6.23. The first-order valence-corrected chi connectivity index (χ1v) is 9.46. The predicted molar refractivity (Wildman–Crippen MR) is 115 cm³/mol. The Kier molecular flexibility index (Phi) is 6.56. The molecule has 7 nitrogen and oxygen atoms in total. The number of amides is 2. The Labute approximate surface area is 179 Å². The summed E-state index contributed by atoms with van der Waals surface area (Å²) in [4.78, 5) is 20.4. The summed E-state index contributed by atoms with van der Waals surface area (Å²) in [7, 11) is 1.57. The number of aromatic nitrogens is 2. The molecule has 0 unspecified atom stereocenters. The molecule has 0 saturated carbocycles. The number of halogens is 3. The molecule has 1 heterocycles. The van der Waals surface area contributed by atoms with Crippen molar-refractivity contribution < 1.29 is 9.53 Å². The molecule has 3 aromatic rings. The van der Waals surface area contributed by atoms with Gasteiger partial charge in [0.05, 0.1) is 28.5 Å². The molecule has 2 aromatic carbocycles. The Morgan fingerprint density at radius 3 is 2.46 bits per heavy atom. The van der Waals surface area contributed by atoms with Gasteiger partial charge in [-0.1, -0.05) is 45.2 Å². The van der Waals surface area contributed by atoms with Crippen molar-refractivity contribution in [1.82, 2.24) is 9.97 Å². The van der Waals surface area contributed by atoms with E-state index in [1.807, 2.05) is 18.2 Å². The van der Waals surface area contributed by atoms with Gasteiger partial charge in [-0.2, -0.15) is 0 Å². The zero-order valence-corrected chi connectivity index (χ0v) is 17.6. The second kappa shape index (κ2) is 9.09. The van der Waals surface area contributed by atoms with Crippen LogP contribution in [0.2, 0.25) is 10.0 Å². The minimum atomic E-state index is -0.541. The zero-order chi connectivity index (χ0) is 20.1. The van der Waals surface area contributed by atoms with Gasteiger partial charge < -0.3 is 15.4 Å². The molecular weight excluding hydrogens is 469 g/mol. The highest BCUT2D eigenvalue weighted by Crippen LogP contribution is 2.31. The van der Waals surface area contributed by atoms with Crippen molar-refractivity contribution in [2.24, 2.45) is 0 Å². The van der Waals surface area contributed by atoms with Crippen molar-refractivity contribution in [1.29, 1.82) is 0 Å². The van der Waals surface area contributed by atoms with Gasteiger partial charge in [-0.15, -0.1) is 0 Å². The average Bonchev–Trinajstić information content (AvgIpc) is 2.66. The summed E-state index contributed by atoms with van der Waals surface area (Å²) in [6.07, 6.45) is 1.33. The lowest BCUT2D eigenvalue weighted by atomic mass is 10.3. The van der Waals surface area contributed by atoms with Gasteiger partial charge in [0.1, 0.15) is 23.7 Å². The van der Waals surface area contributed by atoms with Crippen LogP contribution in [0.3, 0.4) is 0 Å². The summed E-state index contributed by atoms with van der Waals surface area (Å²) in [5, 5.41) is 8.99. The molecule has 0 aliphatic heterocycles. The van der Waals surface area contributed by atoms with E-state index >= 15 is 0 Å². The number of hydrogen-bond acceptors (Lipinski definition) is 5. The van der Waals surface area contributed by atoms with Crippen LogP contribution in [-0.4, -0.2) is 23.1 Å². The van der Waals surface area contributed by atoms with Crippen molar-refractivity contribution in [3.8, 4) is 5.75 Å². The van der Waals surface area contributed by atoms with Gasteiger partial charge in [0.2, 0.25) is 0 Å². The zero-order valence-electron chi connectivity index (χ0n) is 14.5. The van der Waals surface area contributed by atoms with Gasteiger partial charge in [-0.05, 0) is 30.3 Å². The number of hydrogen-bond donors (Lipinski definition) is 3. The number of nitrogens with zero attached hydrogens (tertiary/aromatic N) is 2. The third-order valence-electron chi connectivity index (χ3n) is 3.54. The normalized spacial score (nSPS) is 10.3. The maximum absolute atomic E-state index is 12.2. The van der Waals surface area contributed by atoms with Crippen LogP contribution in [-0.2, 0) is 0 Å². The van der Waals surface area contributed by atoms with Gasteiger partial charge in [0.25, 0.3) is 0 Å². The smallest absolute Gasteiger partial charge is 0.324 e. The molecule has 3 N–H and O–H groups in total. The SMILES string of the molecule is COc1cc(Br)ccc1Nc1cc(NC(=O)Nc2c(Cl)cccc2Cl)ncn1. The van der Waals surface area contributed by atoms with E-state index in [0.29, 0.717) is 33.0 Å². The van der Waals surface area contributed by atoms with Gasteiger partial charge in [-0.3, -0.25) is 5.32 Å². The summed E-state index contributed by atoms with van der Waals surface area (Å²) >= 11 is 15.5. The first kappa shape index (κ1) is 20.2. The number of rotatable bonds is 5. The van der Waals surface area contributed by atoms with Gasteiger partial charge in [-0.25, -0.2) is 14.8 Å². The van der Waals surface area contributed by atoms with E-state index < -0.39 is 6.03 Å². The number of carbonyl (C=O) groups excluding carboxylic acids is 1. The maximum Gasteiger partial charge on any atom is 0.324 e. The van der Waals surface area contributed by atoms with Gasteiger partial charge in [0, 0.05) is 10.5 Å². The average molecular weight is 483 g/mol. The van der Waals surface area contributed by atoms with Crippen LogP contribution in [0, 0.1) is 0 Å². The molecule has 144 valence electrons. The monoisotopic (exact) mass is 481 g/mol. The predicted octanol–water partition coefficient (Wildman–Crippen LogP) is 5.94. The molecule has 0 bridgehead atoms. The lowest BCUT2D eigenvalue weighted by Crippen LogP contribution is -2.20. The maximum atomic E-state index is 12.2. The van der Waals surface area contributed by atoms with E-state index in [1.165, 1.54) is 6.33 Å². The Morgan fingerprint density at radius 2 is 1.75 bits per heavy atom. The van der Waals surface area contributed by atoms with Crippen LogP contribution in [0.5, 0.6) is 5.75 Å². The number of para-hydroxylation sites is 1. The van der Waals surface area contributed by atoms with E-state index in [2.05, 4.69) is 41.8 Å². The molecule has 1 aromatic heterocycles. The fourth-order valence-electron chi connectivity index (χ4n) is 2.28. The number of nitrogens with one attached hydrogen (secondary N) is 3. The van der Waals surface area contributed by atoms with Crippen LogP contribution < -0.4 is 20.7 Å². The quantitative estimate of drug-likeness (QED) is 0.418. The first-order valence-electron chi connectivity index (χ1n) is 7.91. The Bertz CT molecular complexity index is 999. The van der Waals surface area contributed by atoms with Crippen molar-refractivity contribution in [2.75, 3.05) is 23.1 Å². The molecule has 28 heavy (non-hydrogen) atoms. The van der Waals surface area contributed by atoms with Crippen LogP contribution in [0.1, 0.15) is 0 Å². The largest absolute Gasteiger partial charge is 0.495 e. The van der Waals surface area contributed by atoms with Crippen molar-refractivity contribution in [3.05, 3.63) is 63.3 Å². The lowest BCUT2D eigenvalue weighted by molar-refractivity contribution is 0.262. The molecule has 0 saturated heterocycles. The molecule has 0 fully saturated rings. The summed E-state index contributed by atoms with van der Waals surface area (Å²) in [5.74, 6) is 1.39. The molecule has 0 atom stereocenters. The molecule has 0 spiro atoms. The van der Waals surface area contributed by atoms with Crippen molar-refractivity contribution >= 4 is 68.2 Å². The van der Waals surface area contributed by atoms with Crippen molar-refractivity contribution in [3.63, 3.8) is 0 Å². The summed E-state index contributed by atoms with van der Waals surface area (Å²) in [6, 6.07) is 11.5. The van der Waals surface area contributed by atoms with Gasteiger partial charge in [0.15, 0.2) is 0 Å². The Morgan fingerprint density at radius 1 is 1.04 bits per heavy atom. The van der Waals surface area contributed by atoms with E-state index in [9.17, 15) is 4.79 Å². The number of carbonyl (C=O) groups is 1. The summed E-state index contributed by atoms with van der Waals surface area (Å²) in [5.41, 5.74) is 1.03. The van der Waals surface area contributed by atoms with Crippen LogP contribution in [0.15, 0.2) is 53.3 Å². The number of benzene rings is 2. The number of urea groups is 1. The highest BCUT2D eigenvalue weighted by molar-refractivity contribution is 9.10. The second-order valence-electron chi connectivity index (χ2n) is 5.43. The summed E-state index contributed by atoms with van der Waals surface area (Å²) in [6.45, 7) is 0. The van der Waals surface area contributed by atoms with E-state index in [0.717, 1.165) is 4.47 Å². The highest BCUT2D eigenvalue weighted by Gasteiger charge is 2.11. The molecule has 3 rings (SSSR count). The van der Waals surface area contributed by atoms with Crippen LogP contribution >= 0.6 is 39.1 Å². The van der Waals surface area contributed by atoms with Crippen LogP contribution in [0.25, 0.3) is 0 Å². The second-order valence-corrected chi connectivity index (χ2v) is 7.16. The topological polar surface area (TPSA) is 88.2 Å². The highest BCUT2D eigenvalue weighted by atomic mass is 79.9. The standard InChI is InChI=1S/C18H14BrCl2N5O2/c1-28-14-7-10(19)5-6-13(14)24-15-8-16(23-9-22-15)25-18(27)26-17-11(20)3-2-4-12(17)21/h2-9H,1H3,(H3,22,23,24,25,26,27). The molecular formula is C18H14BrCl2N5O2. The van der Waals surface area contributed by atoms with Crippen molar-refractivity contribution in [2.45, 2.75) is 0 Å². The van der Waals surface area contributed by atoms with E-state index in [4.69, 9.17) is 27.9 Å². The third-order valence-corrected chi connectivity index (χ3v) is 4.66. The number of anilines is 4. The Balaban J connectivity index is 1.72. The number of ether oxygens (including phenoxy) is 1. The van der Waals surface area contributed by atoms with E-state index in [1.54, 1.807) is 31.4 Å². The minimum Gasteiger partial charge on any atom is -0.495 e. The molecule has 0 radical (unpaired) electrons. The van der Waals surface area contributed by atoms with E-state index in [-0.39, 0.29) is 5.82 Å². The fraction of sp³-hybridized carbons (Fsp3) is 0.0556. The van der Waals surface area contributed by atoms with Crippen LogP contribution in [0.4, 0.5) is 27.8 Å². The van der Waals surface area contributed by atoms with Gasteiger partial charge >= 0.3 is 6.03 Å². The molecule has 0 aliphatic rings. The fourth-order valence-corrected chi connectivity index (χ4v) is 3.11. The Hall–Kier alpha value is -2.55. The first-order chi connectivity index (χ1) is 13.5. The molecule has 2 amide bonds. The minimum absolute atomic E-state index is 0.286.